The summed E-state index contributed by atoms with van der Waals surface area (Å²) in [5.41, 5.74) is 2.18. The molecule has 0 spiro atoms. The van der Waals surface area contributed by atoms with Crippen molar-refractivity contribution in [3.05, 3.63) is 22.9 Å². The fourth-order valence-corrected chi connectivity index (χ4v) is 1.76. The van der Waals surface area contributed by atoms with Crippen LogP contribution in [-0.2, 0) is 12.8 Å². The van der Waals surface area contributed by atoms with Gasteiger partial charge < -0.3 is 9.84 Å². The van der Waals surface area contributed by atoms with Gasteiger partial charge >= 0.3 is 5.97 Å². The molecule has 1 heterocycles. The van der Waals surface area contributed by atoms with Crippen LogP contribution in [0.3, 0.4) is 0 Å². The van der Waals surface area contributed by atoms with Crippen LogP contribution in [0.4, 0.5) is 0 Å². The van der Waals surface area contributed by atoms with Gasteiger partial charge in [-0.3, -0.25) is 0 Å². The maximum Gasteiger partial charge on any atom is 0.341 e. The third-order valence-electron chi connectivity index (χ3n) is 2.44. The first-order valence-corrected chi connectivity index (χ1v) is 4.52. The molecule has 0 fully saturated rings. The summed E-state index contributed by atoms with van der Waals surface area (Å²) in [4.78, 5) is 15.1. The van der Waals surface area contributed by atoms with Gasteiger partial charge in [-0.25, -0.2) is 9.78 Å². The van der Waals surface area contributed by atoms with E-state index >= 15 is 0 Å². The monoisotopic (exact) mass is 193 g/mol. The first-order chi connectivity index (χ1) is 6.72. The second-order valence-corrected chi connectivity index (χ2v) is 3.31. The van der Waals surface area contributed by atoms with E-state index in [0.717, 1.165) is 30.5 Å². The van der Waals surface area contributed by atoms with Crippen molar-refractivity contribution in [3.8, 4) is 5.88 Å². The first kappa shape index (κ1) is 8.99. The predicted octanol–water partition coefficient (Wildman–Crippen LogP) is 1.28. The highest BCUT2D eigenvalue weighted by molar-refractivity contribution is 5.90. The third-order valence-corrected chi connectivity index (χ3v) is 2.44. The summed E-state index contributed by atoms with van der Waals surface area (Å²) in [5, 5.41) is 8.91. The number of aromatic carboxylic acids is 1. The van der Waals surface area contributed by atoms with Gasteiger partial charge in [-0.15, -0.1) is 0 Å². The molecular formula is C10H11NO3. The Bertz CT molecular complexity index is 387. The Morgan fingerprint density at radius 1 is 1.57 bits per heavy atom. The maximum atomic E-state index is 10.9. The van der Waals surface area contributed by atoms with Gasteiger partial charge in [-0.2, -0.15) is 0 Å². The number of aromatic nitrogens is 1. The molecule has 14 heavy (non-hydrogen) atoms. The molecule has 1 aliphatic carbocycles. The number of carbonyl (C=O) groups is 1. The Morgan fingerprint density at radius 2 is 2.36 bits per heavy atom. The summed E-state index contributed by atoms with van der Waals surface area (Å²) in [6.45, 7) is 0. The second kappa shape index (κ2) is 3.29. The number of ether oxygens (including phenoxy) is 1. The predicted molar refractivity (Wildman–Crippen MR) is 49.8 cm³/mol. The minimum Gasteiger partial charge on any atom is -0.480 e. The molecule has 0 unspecified atom stereocenters. The van der Waals surface area contributed by atoms with E-state index in [1.54, 1.807) is 6.07 Å². The Balaban J connectivity index is 2.54. The fourth-order valence-electron chi connectivity index (χ4n) is 1.76. The van der Waals surface area contributed by atoms with Crippen molar-refractivity contribution < 1.29 is 14.6 Å². The van der Waals surface area contributed by atoms with E-state index in [2.05, 4.69) is 4.98 Å². The van der Waals surface area contributed by atoms with Gasteiger partial charge in [0.2, 0.25) is 5.88 Å². The van der Waals surface area contributed by atoms with Crippen LogP contribution in [0.2, 0.25) is 0 Å². The Hall–Kier alpha value is -1.58. The molecule has 0 aromatic carbocycles. The van der Waals surface area contributed by atoms with E-state index in [1.165, 1.54) is 7.11 Å². The van der Waals surface area contributed by atoms with E-state index in [-0.39, 0.29) is 11.4 Å². The van der Waals surface area contributed by atoms with E-state index in [1.807, 2.05) is 0 Å². The molecule has 1 aromatic heterocycles. The van der Waals surface area contributed by atoms with Crippen molar-refractivity contribution in [1.29, 1.82) is 0 Å². The highest BCUT2D eigenvalue weighted by atomic mass is 16.5. The normalized spacial score (nSPS) is 13.8. The van der Waals surface area contributed by atoms with Gasteiger partial charge in [0.1, 0.15) is 5.56 Å². The molecule has 0 amide bonds. The Labute approximate surface area is 81.5 Å². The Kier molecular flexibility index (Phi) is 2.11. The van der Waals surface area contributed by atoms with Gasteiger partial charge in [0.05, 0.1) is 7.11 Å². The van der Waals surface area contributed by atoms with Gasteiger partial charge in [0.15, 0.2) is 0 Å². The average Bonchev–Trinajstić information content (AvgIpc) is 2.62. The number of aryl methyl sites for hydroxylation is 2. The van der Waals surface area contributed by atoms with Crippen molar-refractivity contribution >= 4 is 5.97 Å². The Morgan fingerprint density at radius 3 is 3.00 bits per heavy atom. The highest BCUT2D eigenvalue weighted by Gasteiger charge is 2.19. The molecule has 1 aliphatic rings. The summed E-state index contributed by atoms with van der Waals surface area (Å²) in [7, 11) is 1.44. The molecule has 74 valence electrons. The smallest absolute Gasteiger partial charge is 0.341 e. The summed E-state index contributed by atoms with van der Waals surface area (Å²) < 4.78 is 4.94. The molecule has 0 saturated carbocycles. The maximum absolute atomic E-state index is 10.9. The number of methoxy groups -OCH3 is 1. The molecule has 0 aliphatic heterocycles. The molecule has 4 heteroatoms. The lowest BCUT2D eigenvalue weighted by Gasteiger charge is -2.06. The zero-order valence-electron chi connectivity index (χ0n) is 7.91. The minimum atomic E-state index is -0.982. The van der Waals surface area contributed by atoms with Gasteiger partial charge in [-0.05, 0) is 30.9 Å². The van der Waals surface area contributed by atoms with Crippen molar-refractivity contribution in [2.45, 2.75) is 19.3 Å². The number of fused-ring (bicyclic) bond motifs is 1. The van der Waals surface area contributed by atoms with Crippen LogP contribution < -0.4 is 4.74 Å². The summed E-state index contributed by atoms with van der Waals surface area (Å²) in [6, 6.07) is 1.68. The number of hydrogen-bond donors (Lipinski definition) is 1. The fraction of sp³-hybridized carbons (Fsp3) is 0.400. The van der Waals surface area contributed by atoms with E-state index in [9.17, 15) is 4.79 Å². The van der Waals surface area contributed by atoms with Crippen LogP contribution in [-0.4, -0.2) is 23.2 Å². The number of hydrogen-bond acceptors (Lipinski definition) is 3. The molecule has 0 bridgehead atoms. The lowest BCUT2D eigenvalue weighted by Crippen LogP contribution is -2.05. The zero-order chi connectivity index (χ0) is 10.1. The van der Waals surface area contributed by atoms with E-state index in [0.29, 0.717) is 0 Å². The van der Waals surface area contributed by atoms with Crippen LogP contribution >= 0.6 is 0 Å². The minimum absolute atomic E-state index is 0.160. The standard InChI is InChI=1S/C10H11NO3/c1-14-9-7(10(12)13)5-6-3-2-4-8(6)11-9/h5H,2-4H2,1H3,(H,12,13). The first-order valence-electron chi connectivity index (χ1n) is 4.52. The zero-order valence-corrected chi connectivity index (χ0v) is 7.91. The van der Waals surface area contributed by atoms with Crippen LogP contribution in [0.15, 0.2) is 6.07 Å². The van der Waals surface area contributed by atoms with Crippen molar-refractivity contribution in [3.63, 3.8) is 0 Å². The SMILES string of the molecule is COc1nc2c(cc1C(=O)O)CCC2. The topological polar surface area (TPSA) is 59.4 Å². The van der Waals surface area contributed by atoms with Crippen molar-refractivity contribution in [2.24, 2.45) is 0 Å². The van der Waals surface area contributed by atoms with Gasteiger partial charge in [0, 0.05) is 5.69 Å². The molecule has 4 nitrogen and oxygen atoms in total. The van der Waals surface area contributed by atoms with Crippen LogP contribution in [0.25, 0.3) is 0 Å². The average molecular weight is 193 g/mol. The van der Waals surface area contributed by atoms with Crippen LogP contribution in [0.1, 0.15) is 28.0 Å². The molecule has 1 aromatic rings. The summed E-state index contributed by atoms with van der Waals surface area (Å²) in [5.74, 6) is -0.762. The van der Waals surface area contributed by atoms with Crippen LogP contribution in [0, 0.1) is 0 Å². The molecule has 1 N–H and O–H groups in total. The number of carboxylic acid groups (broad SMARTS) is 1. The number of nitrogens with zero attached hydrogens (tertiary/aromatic N) is 1. The molecule has 0 atom stereocenters. The second-order valence-electron chi connectivity index (χ2n) is 3.31. The largest absolute Gasteiger partial charge is 0.480 e. The number of rotatable bonds is 2. The molecule has 2 rings (SSSR count). The lowest BCUT2D eigenvalue weighted by molar-refractivity contribution is 0.0692. The molecule has 0 saturated heterocycles. The van der Waals surface area contributed by atoms with Gasteiger partial charge in [0.25, 0.3) is 0 Å². The quantitative estimate of drug-likeness (QED) is 0.768. The van der Waals surface area contributed by atoms with Gasteiger partial charge in [-0.1, -0.05) is 0 Å². The van der Waals surface area contributed by atoms with Crippen molar-refractivity contribution in [1.82, 2.24) is 4.98 Å². The number of pyridine rings is 1. The summed E-state index contributed by atoms with van der Waals surface area (Å²) >= 11 is 0. The number of carboxylic acids is 1. The highest BCUT2D eigenvalue weighted by Crippen LogP contribution is 2.26. The third kappa shape index (κ3) is 1.32. The summed E-state index contributed by atoms with van der Waals surface area (Å²) in [6.07, 6.45) is 2.90. The lowest BCUT2D eigenvalue weighted by atomic mass is 10.1. The molecular weight excluding hydrogens is 182 g/mol. The molecule has 0 radical (unpaired) electrons. The van der Waals surface area contributed by atoms with E-state index in [4.69, 9.17) is 9.84 Å². The van der Waals surface area contributed by atoms with Crippen LogP contribution in [0.5, 0.6) is 5.88 Å². The van der Waals surface area contributed by atoms with Crippen molar-refractivity contribution in [2.75, 3.05) is 7.11 Å². The van der Waals surface area contributed by atoms with E-state index < -0.39 is 5.97 Å².